The minimum Gasteiger partial charge on any atom is -0.387 e. The molecule has 1 N–H and O–H groups in total. The molecule has 0 fully saturated rings. The molecule has 0 radical (unpaired) electrons. The summed E-state index contributed by atoms with van der Waals surface area (Å²) >= 11 is 0. The molecule has 0 heterocycles. The minimum atomic E-state index is 1.01. The highest BCUT2D eigenvalue weighted by molar-refractivity contribution is 5.58. The van der Waals surface area contributed by atoms with E-state index < -0.39 is 0 Å². The molecule has 1 heteroatoms. The molecule has 0 aliphatic carbocycles. The number of para-hydroxylation sites is 1. The van der Waals surface area contributed by atoms with Crippen LogP contribution < -0.4 is 5.32 Å². The summed E-state index contributed by atoms with van der Waals surface area (Å²) in [5.41, 5.74) is 2.21. The highest BCUT2D eigenvalue weighted by Crippen LogP contribution is 2.12. The Hall–Kier alpha value is -1.42. The van der Waals surface area contributed by atoms with Crippen LogP contribution in [0.5, 0.6) is 0 Å². The van der Waals surface area contributed by atoms with E-state index in [1.807, 2.05) is 19.2 Å². The van der Waals surface area contributed by atoms with Gasteiger partial charge in [-0.15, -0.1) is 0 Å². The van der Waals surface area contributed by atoms with Crippen molar-refractivity contribution >= 4 is 5.69 Å². The van der Waals surface area contributed by atoms with E-state index in [0.29, 0.717) is 0 Å². The van der Waals surface area contributed by atoms with E-state index in [0.717, 1.165) is 17.7 Å². The summed E-state index contributed by atoms with van der Waals surface area (Å²) in [6.07, 6.45) is 6.16. The quantitative estimate of drug-likeness (QED) is 0.577. The van der Waals surface area contributed by atoms with Crippen molar-refractivity contribution in [2.45, 2.75) is 39.0 Å². The molecule has 0 aliphatic rings. The van der Waals surface area contributed by atoms with Crippen molar-refractivity contribution in [3.63, 3.8) is 0 Å². The first-order valence-electron chi connectivity index (χ1n) is 6.14. The second kappa shape index (κ2) is 7.82. The van der Waals surface area contributed by atoms with E-state index in [1.165, 1.54) is 25.7 Å². The monoisotopic (exact) mass is 215 g/mol. The molecule has 1 aromatic carbocycles. The lowest BCUT2D eigenvalue weighted by molar-refractivity contribution is 0.679. The smallest absolute Gasteiger partial charge is 0.0496 e. The lowest BCUT2D eigenvalue weighted by Gasteiger charge is -2.01. The van der Waals surface area contributed by atoms with Gasteiger partial charge in [-0.05, 0) is 18.6 Å². The zero-order valence-corrected chi connectivity index (χ0v) is 10.3. The predicted molar refractivity (Wildman–Crippen MR) is 71.6 cm³/mol. The zero-order valence-electron chi connectivity index (χ0n) is 10.3. The number of unbranched alkanes of at least 4 members (excludes halogenated alkanes) is 4. The number of nitrogens with one attached hydrogen (secondary N) is 1. The maximum atomic E-state index is 3.25. The van der Waals surface area contributed by atoms with E-state index in [1.54, 1.807) is 0 Å². The van der Waals surface area contributed by atoms with Gasteiger partial charge in [0.1, 0.15) is 0 Å². The Morgan fingerprint density at radius 3 is 2.69 bits per heavy atom. The average Bonchev–Trinajstić information content (AvgIpc) is 2.34. The third-order valence-corrected chi connectivity index (χ3v) is 2.57. The molecule has 86 valence electrons. The van der Waals surface area contributed by atoms with Crippen LogP contribution in [0, 0.1) is 11.8 Å². The van der Waals surface area contributed by atoms with Crippen LogP contribution in [-0.4, -0.2) is 7.05 Å². The van der Waals surface area contributed by atoms with Crippen molar-refractivity contribution in [1.29, 1.82) is 0 Å². The van der Waals surface area contributed by atoms with E-state index in [-0.39, 0.29) is 0 Å². The van der Waals surface area contributed by atoms with Crippen LogP contribution in [0.2, 0.25) is 0 Å². The molecule has 0 atom stereocenters. The fourth-order valence-electron chi connectivity index (χ4n) is 1.61. The van der Waals surface area contributed by atoms with Crippen molar-refractivity contribution in [1.82, 2.24) is 0 Å². The summed E-state index contributed by atoms with van der Waals surface area (Å²) in [5.74, 6) is 6.47. The van der Waals surface area contributed by atoms with Crippen LogP contribution in [0.4, 0.5) is 5.69 Å². The molecule has 1 nitrogen and oxygen atoms in total. The summed E-state index contributed by atoms with van der Waals surface area (Å²) in [6.45, 7) is 2.23. The maximum Gasteiger partial charge on any atom is 0.0496 e. The summed E-state index contributed by atoms with van der Waals surface area (Å²) < 4.78 is 0. The van der Waals surface area contributed by atoms with E-state index in [2.05, 4.69) is 36.2 Å². The van der Waals surface area contributed by atoms with Crippen LogP contribution in [0.25, 0.3) is 0 Å². The second-order valence-electron chi connectivity index (χ2n) is 3.91. The van der Waals surface area contributed by atoms with Crippen molar-refractivity contribution < 1.29 is 0 Å². The normalized spacial score (nSPS) is 9.38. The molecular weight excluding hydrogens is 194 g/mol. The Balaban J connectivity index is 2.43. The molecule has 0 aromatic heterocycles. The minimum absolute atomic E-state index is 1.01. The van der Waals surface area contributed by atoms with Gasteiger partial charge in [-0.1, -0.05) is 50.2 Å². The van der Waals surface area contributed by atoms with Gasteiger partial charge >= 0.3 is 0 Å². The molecule has 0 spiro atoms. The van der Waals surface area contributed by atoms with Crippen molar-refractivity contribution in [3.8, 4) is 11.8 Å². The molecule has 0 unspecified atom stereocenters. The van der Waals surface area contributed by atoms with Crippen molar-refractivity contribution in [3.05, 3.63) is 29.8 Å². The van der Waals surface area contributed by atoms with Gasteiger partial charge < -0.3 is 5.32 Å². The third-order valence-electron chi connectivity index (χ3n) is 2.57. The number of anilines is 1. The van der Waals surface area contributed by atoms with Gasteiger partial charge in [-0.2, -0.15) is 0 Å². The van der Waals surface area contributed by atoms with E-state index in [4.69, 9.17) is 0 Å². The molecule has 1 rings (SSSR count). The second-order valence-corrected chi connectivity index (χ2v) is 3.91. The van der Waals surface area contributed by atoms with Gasteiger partial charge in [0.2, 0.25) is 0 Å². The Labute approximate surface area is 99.3 Å². The fourth-order valence-corrected chi connectivity index (χ4v) is 1.61. The lowest BCUT2D eigenvalue weighted by Crippen LogP contribution is -1.90. The topological polar surface area (TPSA) is 12.0 Å². The van der Waals surface area contributed by atoms with Crippen LogP contribution in [0.3, 0.4) is 0 Å². The highest BCUT2D eigenvalue weighted by atomic mass is 14.8. The van der Waals surface area contributed by atoms with Gasteiger partial charge in [0.25, 0.3) is 0 Å². The van der Waals surface area contributed by atoms with Crippen LogP contribution in [0.15, 0.2) is 24.3 Å². The van der Waals surface area contributed by atoms with Crippen molar-refractivity contribution in [2.75, 3.05) is 12.4 Å². The van der Waals surface area contributed by atoms with Gasteiger partial charge in [0.05, 0.1) is 0 Å². The number of rotatable bonds is 5. The average molecular weight is 215 g/mol. The van der Waals surface area contributed by atoms with Crippen molar-refractivity contribution in [2.24, 2.45) is 0 Å². The zero-order chi connectivity index (χ0) is 11.6. The SMILES string of the molecule is CCCCCCC#Cc1ccccc1NC. The standard InChI is InChI=1S/C15H21N/c1-3-4-5-6-7-8-11-14-12-9-10-13-15(14)16-2/h9-10,12-13,16H,3-7H2,1-2H3. The van der Waals surface area contributed by atoms with Gasteiger partial charge in [0.15, 0.2) is 0 Å². The first-order valence-corrected chi connectivity index (χ1v) is 6.14. The first kappa shape index (κ1) is 12.6. The molecule has 1 aromatic rings. The number of benzene rings is 1. The van der Waals surface area contributed by atoms with Gasteiger partial charge in [-0.3, -0.25) is 0 Å². The lowest BCUT2D eigenvalue weighted by atomic mass is 10.1. The largest absolute Gasteiger partial charge is 0.387 e. The van der Waals surface area contributed by atoms with Crippen LogP contribution in [0.1, 0.15) is 44.6 Å². The molecule has 0 saturated heterocycles. The Morgan fingerprint density at radius 1 is 1.12 bits per heavy atom. The number of hydrogen-bond acceptors (Lipinski definition) is 1. The maximum absolute atomic E-state index is 3.25. The van der Waals surface area contributed by atoms with Gasteiger partial charge in [-0.25, -0.2) is 0 Å². The fraction of sp³-hybridized carbons (Fsp3) is 0.467. The third kappa shape index (κ3) is 4.40. The molecule has 0 saturated carbocycles. The molecular formula is C15H21N. The molecule has 0 amide bonds. The number of hydrogen-bond donors (Lipinski definition) is 1. The summed E-state index contributed by atoms with van der Waals surface area (Å²) in [6, 6.07) is 8.17. The van der Waals surface area contributed by atoms with E-state index >= 15 is 0 Å². The molecule has 0 bridgehead atoms. The Bertz CT molecular complexity index is 357. The predicted octanol–water partition coefficient (Wildman–Crippen LogP) is 4.05. The van der Waals surface area contributed by atoms with E-state index in [9.17, 15) is 0 Å². The van der Waals surface area contributed by atoms with Crippen LogP contribution >= 0.6 is 0 Å². The highest BCUT2D eigenvalue weighted by Gasteiger charge is 1.93. The van der Waals surface area contributed by atoms with Crippen LogP contribution in [-0.2, 0) is 0 Å². The Kier molecular flexibility index (Phi) is 6.18. The summed E-state index contributed by atoms with van der Waals surface area (Å²) in [4.78, 5) is 0. The summed E-state index contributed by atoms with van der Waals surface area (Å²) in [5, 5.41) is 3.15. The first-order chi connectivity index (χ1) is 7.88. The van der Waals surface area contributed by atoms with Gasteiger partial charge in [0, 0.05) is 24.7 Å². The molecule has 0 aliphatic heterocycles. The molecule has 16 heavy (non-hydrogen) atoms. The Morgan fingerprint density at radius 2 is 1.94 bits per heavy atom. The summed E-state index contributed by atoms with van der Waals surface area (Å²) in [7, 11) is 1.93.